The van der Waals surface area contributed by atoms with Crippen LogP contribution in [0.1, 0.15) is 35.6 Å². The molecular weight excluding hydrogens is 920 g/mol. The van der Waals surface area contributed by atoms with Crippen molar-refractivity contribution in [3.8, 4) is 46.0 Å². The number of fused-ring (bicyclic) bond motifs is 1. The number of carboxylic acids is 2. The molecule has 26 nitrogen and oxygen atoms in total. The molecule has 0 spiro atoms. The van der Waals surface area contributed by atoms with Gasteiger partial charge in [0.15, 0.2) is 41.0 Å². The molecule has 11 unspecified atom stereocenters. The van der Waals surface area contributed by atoms with Crippen LogP contribution < -0.4 is 9.47 Å². The number of carbonyl (C=O) groups excluding carboxylic acids is 3. The highest BCUT2D eigenvalue weighted by atomic mass is 16.7. The van der Waals surface area contributed by atoms with Gasteiger partial charge in [-0.25, -0.2) is 4.79 Å². The second-order valence-electron chi connectivity index (χ2n) is 15.1. The molecule has 366 valence electrons. The number of aliphatic hydroxyl groups is 5. The van der Waals surface area contributed by atoms with Gasteiger partial charge in [0.25, 0.3) is 0 Å². The maximum absolute atomic E-state index is 12.6. The number of aromatic hydroxyl groups is 6. The fourth-order valence-corrected chi connectivity index (χ4v) is 6.81. The van der Waals surface area contributed by atoms with Crippen LogP contribution in [-0.4, -0.2) is 171 Å². The predicted molar refractivity (Wildman–Crippen MR) is 215 cm³/mol. The Bertz CT molecular complexity index is 2440. The number of benzene rings is 3. The van der Waals surface area contributed by atoms with Gasteiger partial charge in [-0.15, -0.1) is 0 Å². The van der Waals surface area contributed by atoms with Crippen molar-refractivity contribution in [1.82, 2.24) is 0 Å². The summed E-state index contributed by atoms with van der Waals surface area (Å²) in [6.45, 7) is -1.72. The molecule has 2 saturated heterocycles. The smallest absolute Gasteiger partial charge is 0.330 e. The van der Waals surface area contributed by atoms with Crippen molar-refractivity contribution in [3.63, 3.8) is 0 Å². The lowest BCUT2D eigenvalue weighted by molar-refractivity contribution is -0.294. The van der Waals surface area contributed by atoms with Gasteiger partial charge in [-0.2, -0.15) is 0 Å². The minimum atomic E-state index is -2.19. The summed E-state index contributed by atoms with van der Waals surface area (Å²) in [4.78, 5) is 59.1. The zero-order valence-corrected chi connectivity index (χ0v) is 34.6. The first-order chi connectivity index (χ1) is 32.1. The average molecular weight is 963 g/mol. The molecule has 3 heterocycles. The van der Waals surface area contributed by atoms with E-state index in [9.17, 15) is 80.1 Å². The van der Waals surface area contributed by atoms with E-state index in [0.29, 0.717) is 0 Å². The third kappa shape index (κ3) is 11.7. The van der Waals surface area contributed by atoms with Gasteiger partial charge < -0.3 is 104 Å². The third-order valence-corrected chi connectivity index (χ3v) is 10.1. The molecule has 0 radical (unpaired) electrons. The summed E-state index contributed by atoms with van der Waals surface area (Å²) in [6.07, 6.45) is -20.5. The summed E-state index contributed by atoms with van der Waals surface area (Å²) in [6, 6.07) is 7.47. The van der Waals surface area contributed by atoms with E-state index in [2.05, 4.69) is 0 Å². The molecule has 0 amide bonds. The predicted octanol–water partition coefficient (Wildman–Crippen LogP) is -1.29. The molecule has 3 aliphatic heterocycles. The van der Waals surface area contributed by atoms with Crippen LogP contribution >= 0.6 is 0 Å². The Morgan fingerprint density at radius 2 is 1.25 bits per heavy atom. The summed E-state index contributed by atoms with van der Waals surface area (Å²) in [5, 5.41) is 134. The van der Waals surface area contributed by atoms with Crippen LogP contribution in [-0.2, 0) is 52.4 Å². The van der Waals surface area contributed by atoms with Crippen LogP contribution in [0.4, 0.5) is 0 Å². The van der Waals surface area contributed by atoms with Crippen molar-refractivity contribution in [3.05, 3.63) is 71.0 Å². The molecule has 3 aliphatic rings. The maximum Gasteiger partial charge on any atom is 0.330 e. The Morgan fingerprint density at radius 1 is 0.632 bits per heavy atom. The zero-order chi connectivity index (χ0) is 49.7. The number of aliphatic carboxylic acids is 2. The first kappa shape index (κ1) is 49.8. The van der Waals surface area contributed by atoms with Crippen molar-refractivity contribution in [2.75, 3.05) is 13.2 Å². The number of carboxylic acid groups (broad SMARTS) is 2. The molecule has 3 aromatic rings. The SMILES string of the molecule is O=C(O)CC(=O)OCC1OC(Oc2cc(O)cc3c2C=C(OC2OC(COC(=O)C=Cc4ccc(O)c(O)c4)C(O)C(O)C2O)C(c2cc(O)c(O)c(O)c2)O3)C(O)C(O)C1OC(=O)CC(=O)O. The quantitative estimate of drug-likeness (QED) is 0.0261. The first-order valence-corrected chi connectivity index (χ1v) is 19.8. The van der Waals surface area contributed by atoms with Crippen LogP contribution in [0.2, 0.25) is 0 Å². The van der Waals surface area contributed by atoms with Gasteiger partial charge in [-0.3, -0.25) is 19.2 Å². The highest BCUT2D eigenvalue weighted by Gasteiger charge is 2.50. The number of rotatable bonds is 16. The van der Waals surface area contributed by atoms with Gasteiger partial charge in [0.2, 0.25) is 12.6 Å². The van der Waals surface area contributed by atoms with Crippen molar-refractivity contribution in [2.24, 2.45) is 0 Å². The van der Waals surface area contributed by atoms with E-state index in [1.54, 1.807) is 0 Å². The van der Waals surface area contributed by atoms with E-state index >= 15 is 0 Å². The summed E-state index contributed by atoms with van der Waals surface area (Å²) in [5.41, 5.74) is -0.108. The lowest BCUT2D eigenvalue weighted by atomic mass is 9.98. The van der Waals surface area contributed by atoms with Crippen LogP contribution in [0, 0.1) is 0 Å². The Balaban J connectivity index is 1.30. The number of hydrogen-bond donors (Lipinski definition) is 13. The second kappa shape index (κ2) is 20.9. The molecule has 0 bridgehead atoms. The molecule has 26 heteroatoms. The Hall–Kier alpha value is -7.59. The van der Waals surface area contributed by atoms with Gasteiger partial charge in [-0.05, 0) is 42.0 Å². The molecular formula is C42H42O26. The Morgan fingerprint density at radius 3 is 1.91 bits per heavy atom. The number of phenols is 6. The molecule has 6 rings (SSSR count). The van der Waals surface area contributed by atoms with E-state index < -0.39 is 169 Å². The van der Waals surface area contributed by atoms with Crippen molar-refractivity contribution in [1.29, 1.82) is 0 Å². The summed E-state index contributed by atoms with van der Waals surface area (Å²) >= 11 is 0. The molecule has 11 atom stereocenters. The number of carbonyl (C=O) groups is 5. The van der Waals surface area contributed by atoms with Gasteiger partial charge in [0, 0.05) is 23.8 Å². The number of esters is 3. The number of phenolic OH excluding ortho intramolecular Hbond substituents is 6. The fraction of sp³-hybridized carbons (Fsp3) is 0.357. The minimum absolute atomic E-state index is 0.177. The second-order valence-corrected chi connectivity index (χ2v) is 15.1. The molecule has 0 aliphatic carbocycles. The van der Waals surface area contributed by atoms with Crippen molar-refractivity contribution < 1.29 is 128 Å². The van der Waals surface area contributed by atoms with Crippen molar-refractivity contribution >= 4 is 42.0 Å². The first-order valence-electron chi connectivity index (χ1n) is 19.8. The summed E-state index contributed by atoms with van der Waals surface area (Å²) in [5.74, 6) is -12.4. The lowest BCUT2D eigenvalue weighted by Gasteiger charge is -2.42. The minimum Gasteiger partial charge on any atom is -0.508 e. The summed E-state index contributed by atoms with van der Waals surface area (Å²) < 4.78 is 44.4. The maximum atomic E-state index is 12.6. The van der Waals surface area contributed by atoms with E-state index in [1.165, 1.54) is 18.2 Å². The molecule has 13 N–H and O–H groups in total. The van der Waals surface area contributed by atoms with Crippen LogP contribution in [0.25, 0.3) is 12.2 Å². The normalized spacial score (nSPS) is 26.6. The van der Waals surface area contributed by atoms with E-state index in [1.807, 2.05) is 0 Å². The van der Waals surface area contributed by atoms with Gasteiger partial charge in [0.1, 0.15) is 91.8 Å². The van der Waals surface area contributed by atoms with Crippen LogP contribution in [0.5, 0.6) is 46.0 Å². The average Bonchev–Trinajstić information content (AvgIpc) is 3.26. The summed E-state index contributed by atoms with van der Waals surface area (Å²) in [7, 11) is 0. The van der Waals surface area contributed by atoms with Gasteiger partial charge >= 0.3 is 29.8 Å². The standard InChI is InChI=1S/C42H42O26/c43-17-8-23-18(24(9-17)64-42-38(60)36(58)40(68-32(54)12-29(50)51)27(67-42)14-62-31(53)11-28(48)49)10-25(39(63-23)16-6-21(46)33(55)22(47)7-16)65-41-37(59)35(57)34(56)26(66-41)13-61-30(52)4-2-15-1-3-19(44)20(45)5-15/h1-10,26-27,34-47,55-60H,11-14H2,(H,48,49)(H,50,51). The van der Waals surface area contributed by atoms with E-state index in [0.717, 1.165) is 42.5 Å². The largest absolute Gasteiger partial charge is 0.508 e. The van der Waals surface area contributed by atoms with Gasteiger partial charge in [0.05, 0.1) is 5.56 Å². The molecule has 68 heavy (non-hydrogen) atoms. The van der Waals surface area contributed by atoms with Gasteiger partial charge in [-0.1, -0.05) is 6.07 Å². The Labute approximate surface area is 380 Å². The molecule has 2 fully saturated rings. The van der Waals surface area contributed by atoms with Crippen LogP contribution in [0.15, 0.2) is 54.3 Å². The topological polar surface area (TPSA) is 422 Å². The molecule has 0 aromatic heterocycles. The number of ether oxygens (including phenoxy) is 8. The van der Waals surface area contributed by atoms with Crippen molar-refractivity contribution in [2.45, 2.75) is 80.4 Å². The monoisotopic (exact) mass is 962 g/mol. The van der Waals surface area contributed by atoms with Crippen LogP contribution in [0.3, 0.4) is 0 Å². The zero-order valence-electron chi connectivity index (χ0n) is 34.6. The number of aliphatic hydroxyl groups excluding tert-OH is 5. The highest BCUT2D eigenvalue weighted by molar-refractivity contribution is 5.91. The fourth-order valence-electron chi connectivity index (χ4n) is 6.81. The number of hydrogen-bond acceptors (Lipinski definition) is 24. The highest BCUT2D eigenvalue weighted by Crippen LogP contribution is 2.48. The molecule has 0 saturated carbocycles. The third-order valence-electron chi connectivity index (χ3n) is 10.1. The molecule has 3 aromatic carbocycles. The van der Waals surface area contributed by atoms with E-state index in [-0.39, 0.29) is 22.4 Å². The Kier molecular flexibility index (Phi) is 15.3. The lowest BCUT2D eigenvalue weighted by Crippen LogP contribution is -2.61. The van der Waals surface area contributed by atoms with E-state index in [4.69, 9.17) is 48.1 Å².